The number of carbonyl (C=O) groups excluding carboxylic acids is 1. The summed E-state index contributed by atoms with van der Waals surface area (Å²) < 4.78 is 23.3. The second-order valence-electron chi connectivity index (χ2n) is 5.63. The van der Waals surface area contributed by atoms with Crippen molar-refractivity contribution in [2.45, 2.75) is 19.4 Å². The van der Waals surface area contributed by atoms with Crippen molar-refractivity contribution in [3.05, 3.63) is 52.6 Å². The summed E-state index contributed by atoms with van der Waals surface area (Å²) >= 11 is 11.1. The normalized spacial score (nSPS) is 11.6. The van der Waals surface area contributed by atoms with Gasteiger partial charge in [0.1, 0.15) is 29.1 Å². The lowest BCUT2D eigenvalue weighted by atomic mass is 10.1. The van der Waals surface area contributed by atoms with Crippen LogP contribution in [0.25, 0.3) is 0 Å². The first-order chi connectivity index (χ1) is 12.8. The predicted molar refractivity (Wildman–Crippen MR) is 103 cm³/mol. The number of ether oxygens (including phenoxy) is 2. The van der Waals surface area contributed by atoms with E-state index < -0.39 is 17.9 Å². The van der Waals surface area contributed by atoms with Crippen LogP contribution in [0.3, 0.4) is 0 Å². The zero-order valence-corrected chi connectivity index (χ0v) is 16.2. The smallest absolute Gasteiger partial charge is 0.325 e. The molecule has 27 heavy (non-hydrogen) atoms. The molecule has 0 saturated carbocycles. The van der Waals surface area contributed by atoms with E-state index in [2.05, 4.69) is 10.3 Å². The lowest BCUT2D eigenvalue weighted by Gasteiger charge is -2.15. The van der Waals surface area contributed by atoms with Gasteiger partial charge >= 0.3 is 5.97 Å². The van der Waals surface area contributed by atoms with Gasteiger partial charge in [-0.15, -0.1) is 0 Å². The molecular weight excluding hydrogens is 395 g/mol. The number of pyridine rings is 1. The van der Waals surface area contributed by atoms with Gasteiger partial charge in [-0.1, -0.05) is 29.9 Å². The van der Waals surface area contributed by atoms with Gasteiger partial charge in [-0.25, -0.2) is 9.37 Å². The number of rotatable bonds is 7. The summed E-state index contributed by atoms with van der Waals surface area (Å²) in [5.74, 6) is -0.979. The lowest BCUT2D eigenvalue weighted by molar-refractivity contribution is -0.146. The number of hydrogen-bond acceptors (Lipinski definition) is 6. The Bertz CT molecular complexity index is 850. The minimum Gasteiger partial charge on any atom is -0.503 e. The second kappa shape index (κ2) is 9.48. The molecule has 1 atom stereocenters. The highest BCUT2D eigenvalue weighted by molar-refractivity contribution is 7.80. The molecule has 144 valence electrons. The number of carbonyl (C=O) groups is 1. The maximum atomic E-state index is 13.1. The summed E-state index contributed by atoms with van der Waals surface area (Å²) in [6.45, 7) is 1.49. The molecule has 2 aromatic rings. The van der Waals surface area contributed by atoms with Crippen LogP contribution in [0.4, 0.5) is 4.39 Å². The fourth-order valence-corrected chi connectivity index (χ4v) is 2.77. The van der Waals surface area contributed by atoms with Crippen LogP contribution in [-0.4, -0.2) is 40.8 Å². The van der Waals surface area contributed by atoms with Gasteiger partial charge < -0.3 is 19.9 Å². The van der Waals surface area contributed by atoms with Crippen LogP contribution in [0.1, 0.15) is 18.2 Å². The number of thiocarbonyl (C=S) groups is 1. The Morgan fingerprint density at radius 2 is 2.19 bits per heavy atom. The Labute approximate surface area is 166 Å². The maximum Gasteiger partial charge on any atom is 0.325 e. The number of benzene rings is 1. The number of aromatic hydroxyl groups is 1. The van der Waals surface area contributed by atoms with Crippen LogP contribution >= 0.6 is 23.8 Å². The average Bonchev–Trinajstić information content (AvgIpc) is 2.62. The van der Waals surface area contributed by atoms with E-state index in [0.717, 1.165) is 0 Å². The van der Waals surface area contributed by atoms with Crippen LogP contribution < -0.4 is 10.1 Å². The Hall–Kier alpha value is -2.45. The van der Waals surface area contributed by atoms with Crippen LogP contribution in [-0.2, 0) is 16.0 Å². The summed E-state index contributed by atoms with van der Waals surface area (Å²) in [4.78, 5) is 16.0. The van der Waals surface area contributed by atoms with E-state index in [1.165, 1.54) is 31.5 Å². The van der Waals surface area contributed by atoms with Crippen LogP contribution in [0, 0.1) is 5.82 Å². The highest BCUT2D eigenvalue weighted by Crippen LogP contribution is 2.27. The Morgan fingerprint density at radius 1 is 1.44 bits per heavy atom. The monoisotopic (exact) mass is 412 g/mol. The molecule has 1 aromatic heterocycles. The molecule has 0 fully saturated rings. The van der Waals surface area contributed by atoms with Crippen LogP contribution in [0.15, 0.2) is 30.5 Å². The van der Waals surface area contributed by atoms with Crippen molar-refractivity contribution in [3.63, 3.8) is 0 Å². The second-order valence-corrected chi connectivity index (χ2v) is 6.45. The third-order valence-corrected chi connectivity index (χ3v) is 4.26. The van der Waals surface area contributed by atoms with Crippen molar-refractivity contribution in [1.82, 2.24) is 10.3 Å². The van der Waals surface area contributed by atoms with Crippen molar-refractivity contribution >= 4 is 34.8 Å². The predicted octanol–water partition coefficient (Wildman–Crippen LogP) is 3.03. The maximum absolute atomic E-state index is 13.1. The van der Waals surface area contributed by atoms with Crippen LogP contribution in [0.5, 0.6) is 11.5 Å². The Balaban J connectivity index is 1.87. The minimum atomic E-state index is -0.550. The van der Waals surface area contributed by atoms with Gasteiger partial charge in [-0.05, 0) is 24.6 Å². The number of esters is 1. The highest BCUT2D eigenvalue weighted by atomic mass is 35.5. The van der Waals surface area contributed by atoms with E-state index in [-0.39, 0.29) is 33.7 Å². The Kier molecular flexibility index (Phi) is 7.32. The topological polar surface area (TPSA) is 80.7 Å². The summed E-state index contributed by atoms with van der Waals surface area (Å²) in [6, 6.07) is 5.53. The third kappa shape index (κ3) is 5.77. The van der Waals surface area contributed by atoms with Gasteiger partial charge in [0.15, 0.2) is 11.5 Å². The first-order valence-electron chi connectivity index (χ1n) is 7.95. The van der Waals surface area contributed by atoms with Gasteiger partial charge in [0, 0.05) is 23.7 Å². The third-order valence-electron chi connectivity index (χ3n) is 3.57. The molecule has 1 heterocycles. The number of aromatic nitrogens is 1. The molecule has 0 bridgehead atoms. The molecule has 0 spiro atoms. The van der Waals surface area contributed by atoms with Gasteiger partial charge in [0.05, 0.1) is 7.11 Å². The largest absolute Gasteiger partial charge is 0.503 e. The fraction of sp³-hybridized carbons (Fsp3) is 0.278. The summed E-state index contributed by atoms with van der Waals surface area (Å²) in [5.41, 5.74) is 0.774. The summed E-state index contributed by atoms with van der Waals surface area (Å²) in [7, 11) is 1.40. The molecule has 2 rings (SSSR count). The zero-order chi connectivity index (χ0) is 20.0. The van der Waals surface area contributed by atoms with Crippen molar-refractivity contribution in [2.75, 3.05) is 13.7 Å². The Morgan fingerprint density at radius 3 is 2.85 bits per heavy atom. The van der Waals surface area contributed by atoms with Crippen LogP contribution in [0.2, 0.25) is 5.02 Å². The van der Waals surface area contributed by atoms with Gasteiger partial charge in [0.25, 0.3) is 0 Å². The summed E-state index contributed by atoms with van der Waals surface area (Å²) in [5, 5.41) is 13.0. The number of nitrogens with zero attached hydrogens (tertiary/aromatic N) is 1. The van der Waals surface area contributed by atoms with Crippen molar-refractivity contribution in [2.24, 2.45) is 0 Å². The zero-order valence-electron chi connectivity index (χ0n) is 14.7. The molecule has 1 aromatic carbocycles. The van der Waals surface area contributed by atoms with Crippen molar-refractivity contribution < 1.29 is 23.8 Å². The minimum absolute atomic E-state index is 0.0811. The molecule has 0 aliphatic rings. The van der Waals surface area contributed by atoms with Crippen molar-refractivity contribution in [1.29, 1.82) is 0 Å². The summed E-state index contributed by atoms with van der Waals surface area (Å²) in [6.07, 6.45) is 1.29. The molecule has 1 unspecified atom stereocenters. The van der Waals surface area contributed by atoms with E-state index in [9.17, 15) is 14.3 Å². The number of halogens is 2. The standard InChI is InChI=1S/C18H18ClFN2O4S/c1-10(7-11-3-4-12(20)8-13(11)19)26-15(23)9-22-18(27)16-17(24)14(25-2)5-6-21-16/h3-6,8,10,24H,7,9H2,1-2H3,(H,22,27). The number of hydrogen-bond donors (Lipinski definition) is 2. The van der Waals surface area contributed by atoms with E-state index in [1.807, 2.05) is 0 Å². The van der Waals surface area contributed by atoms with Gasteiger partial charge in [-0.3, -0.25) is 4.79 Å². The van der Waals surface area contributed by atoms with E-state index in [4.69, 9.17) is 33.3 Å². The molecule has 0 aliphatic carbocycles. The average molecular weight is 413 g/mol. The molecule has 6 nitrogen and oxygen atoms in total. The van der Waals surface area contributed by atoms with E-state index >= 15 is 0 Å². The lowest BCUT2D eigenvalue weighted by Crippen LogP contribution is -2.32. The molecule has 9 heteroatoms. The van der Waals surface area contributed by atoms with Gasteiger partial charge in [0.2, 0.25) is 0 Å². The highest BCUT2D eigenvalue weighted by Gasteiger charge is 2.16. The molecule has 0 saturated heterocycles. The number of methoxy groups -OCH3 is 1. The molecule has 0 amide bonds. The van der Waals surface area contributed by atoms with Crippen molar-refractivity contribution in [3.8, 4) is 11.5 Å². The molecule has 0 radical (unpaired) electrons. The number of nitrogens with one attached hydrogen (secondary N) is 1. The van der Waals surface area contributed by atoms with Gasteiger partial charge in [-0.2, -0.15) is 0 Å². The first-order valence-corrected chi connectivity index (χ1v) is 8.74. The quantitative estimate of drug-likeness (QED) is 0.534. The van der Waals surface area contributed by atoms with E-state index in [0.29, 0.717) is 12.0 Å². The molecule has 2 N–H and O–H groups in total. The molecular formula is C18H18ClFN2O4S. The first kappa shape index (κ1) is 20.9. The SMILES string of the molecule is COc1ccnc(C(=S)NCC(=O)OC(C)Cc2ccc(F)cc2Cl)c1O. The van der Waals surface area contributed by atoms with E-state index in [1.54, 1.807) is 13.0 Å². The molecule has 0 aliphatic heterocycles. The fourth-order valence-electron chi connectivity index (χ4n) is 2.31.